The van der Waals surface area contributed by atoms with E-state index in [2.05, 4.69) is 61.2 Å². The molecular formula is C14H20N2. The summed E-state index contributed by atoms with van der Waals surface area (Å²) in [5.74, 6) is 0.993. The summed E-state index contributed by atoms with van der Waals surface area (Å²) in [6, 6.07) is 0. The molecule has 0 aliphatic carbocycles. The van der Waals surface area contributed by atoms with E-state index in [9.17, 15) is 0 Å². The fourth-order valence-electron chi connectivity index (χ4n) is 2.12. The van der Waals surface area contributed by atoms with Gasteiger partial charge in [-0.15, -0.1) is 0 Å². The highest BCUT2D eigenvalue weighted by Crippen LogP contribution is 2.25. The second-order valence-corrected chi connectivity index (χ2v) is 4.25. The minimum Gasteiger partial charge on any atom is -0.366 e. The summed E-state index contributed by atoms with van der Waals surface area (Å²) in [7, 11) is 0. The minimum absolute atomic E-state index is 0.496. The molecule has 0 bridgehead atoms. The Bertz CT molecular complexity index is 325. The third kappa shape index (κ3) is 2.38. The Balaban J connectivity index is 2.12. The summed E-state index contributed by atoms with van der Waals surface area (Å²) < 4.78 is 0. The lowest BCUT2D eigenvalue weighted by atomic mass is 9.87. The van der Waals surface area contributed by atoms with Gasteiger partial charge in [-0.25, -0.2) is 0 Å². The predicted octanol–water partition coefficient (Wildman–Crippen LogP) is 3.04. The van der Waals surface area contributed by atoms with Gasteiger partial charge in [-0.2, -0.15) is 0 Å². The lowest BCUT2D eigenvalue weighted by Crippen LogP contribution is -2.20. The third-order valence-corrected chi connectivity index (χ3v) is 3.17. The van der Waals surface area contributed by atoms with Gasteiger partial charge in [0.2, 0.25) is 0 Å². The van der Waals surface area contributed by atoms with Crippen LogP contribution >= 0.6 is 0 Å². The Kier molecular flexibility index (Phi) is 3.50. The Morgan fingerprint density at radius 1 is 0.875 bits per heavy atom. The van der Waals surface area contributed by atoms with Crippen molar-refractivity contribution in [3.05, 3.63) is 48.1 Å². The normalized spacial score (nSPS) is 27.9. The first kappa shape index (κ1) is 11.1. The highest BCUT2D eigenvalue weighted by molar-refractivity contribution is 5.24. The number of rotatable bonds is 3. The summed E-state index contributed by atoms with van der Waals surface area (Å²) in [4.78, 5) is 0. The van der Waals surface area contributed by atoms with Crippen molar-refractivity contribution in [2.45, 2.75) is 26.7 Å². The molecule has 2 nitrogen and oxygen atoms in total. The second kappa shape index (κ2) is 5.06. The molecule has 2 heteroatoms. The van der Waals surface area contributed by atoms with Crippen molar-refractivity contribution in [1.82, 2.24) is 10.6 Å². The molecule has 2 N–H and O–H groups in total. The van der Waals surface area contributed by atoms with Gasteiger partial charge in [-0.05, 0) is 25.2 Å². The van der Waals surface area contributed by atoms with Gasteiger partial charge in [0, 0.05) is 23.2 Å². The lowest BCUT2D eigenvalue weighted by molar-refractivity contribution is 0.623. The van der Waals surface area contributed by atoms with E-state index in [1.54, 1.807) is 0 Å². The van der Waals surface area contributed by atoms with Crippen LogP contribution in [0.2, 0.25) is 0 Å². The summed E-state index contributed by atoms with van der Waals surface area (Å²) in [6.45, 7) is 4.36. The van der Waals surface area contributed by atoms with Crippen LogP contribution < -0.4 is 10.6 Å². The summed E-state index contributed by atoms with van der Waals surface area (Å²) in [6.07, 6.45) is 15.4. The largest absolute Gasteiger partial charge is 0.366 e. The van der Waals surface area contributed by atoms with Crippen LogP contribution in [0.1, 0.15) is 26.7 Å². The van der Waals surface area contributed by atoms with Crippen molar-refractivity contribution >= 4 is 0 Å². The van der Waals surface area contributed by atoms with Crippen molar-refractivity contribution in [3.8, 4) is 0 Å². The van der Waals surface area contributed by atoms with E-state index in [0.717, 1.165) is 12.8 Å². The molecular weight excluding hydrogens is 196 g/mol. The van der Waals surface area contributed by atoms with E-state index in [-0.39, 0.29) is 0 Å². The maximum Gasteiger partial charge on any atom is 0.0109 e. The van der Waals surface area contributed by atoms with Gasteiger partial charge in [0.25, 0.3) is 0 Å². The topological polar surface area (TPSA) is 24.1 Å². The molecule has 2 atom stereocenters. The van der Waals surface area contributed by atoms with Gasteiger partial charge in [0.15, 0.2) is 0 Å². The Labute approximate surface area is 97.8 Å². The standard InChI is InChI=1S/C14H20N2/c1-3-13-9-11(5-7-15-13)12-6-8-16-14(4-2)10-12/h5-12,15-16H,3-4H2,1-2H3. The van der Waals surface area contributed by atoms with Crippen molar-refractivity contribution < 1.29 is 0 Å². The van der Waals surface area contributed by atoms with E-state index in [1.807, 2.05) is 0 Å². The highest BCUT2D eigenvalue weighted by atomic mass is 14.9. The SMILES string of the molecule is CCC1=CC(C2C=CNC(CC)=C2)C=CN1. The average molecular weight is 216 g/mol. The maximum atomic E-state index is 3.28. The van der Waals surface area contributed by atoms with Crippen LogP contribution in [0, 0.1) is 11.8 Å². The lowest BCUT2D eigenvalue weighted by Gasteiger charge is -2.24. The van der Waals surface area contributed by atoms with E-state index in [1.165, 1.54) is 11.4 Å². The fraction of sp³-hybridized carbons (Fsp3) is 0.429. The molecule has 0 aromatic heterocycles. The second-order valence-electron chi connectivity index (χ2n) is 4.25. The molecule has 0 aromatic carbocycles. The van der Waals surface area contributed by atoms with Crippen molar-refractivity contribution in [2.24, 2.45) is 11.8 Å². The molecule has 2 rings (SSSR count). The van der Waals surface area contributed by atoms with Gasteiger partial charge in [-0.3, -0.25) is 0 Å². The van der Waals surface area contributed by atoms with Crippen LogP contribution in [0.25, 0.3) is 0 Å². The molecule has 2 aliphatic rings. The van der Waals surface area contributed by atoms with Gasteiger partial charge >= 0.3 is 0 Å². The van der Waals surface area contributed by atoms with Crippen LogP contribution in [-0.2, 0) is 0 Å². The number of dihydropyridines is 2. The van der Waals surface area contributed by atoms with Crippen molar-refractivity contribution in [2.75, 3.05) is 0 Å². The molecule has 0 saturated heterocycles. The first-order chi connectivity index (χ1) is 7.83. The number of allylic oxidation sites excluding steroid dienone is 6. The summed E-state index contributed by atoms with van der Waals surface area (Å²) in [5, 5.41) is 6.57. The molecule has 2 aliphatic heterocycles. The van der Waals surface area contributed by atoms with Gasteiger partial charge in [-0.1, -0.05) is 38.2 Å². The molecule has 86 valence electrons. The average Bonchev–Trinajstić information content (AvgIpc) is 2.39. The first-order valence-electron chi connectivity index (χ1n) is 6.11. The predicted molar refractivity (Wildman–Crippen MR) is 68.3 cm³/mol. The number of nitrogens with one attached hydrogen (secondary N) is 2. The van der Waals surface area contributed by atoms with Crippen molar-refractivity contribution in [1.29, 1.82) is 0 Å². The first-order valence-corrected chi connectivity index (χ1v) is 6.11. The fourth-order valence-corrected chi connectivity index (χ4v) is 2.12. The van der Waals surface area contributed by atoms with Crippen LogP contribution in [0.4, 0.5) is 0 Å². The highest BCUT2D eigenvalue weighted by Gasteiger charge is 2.17. The zero-order valence-electron chi connectivity index (χ0n) is 10.0. The smallest absolute Gasteiger partial charge is 0.0109 e. The molecule has 0 spiro atoms. The summed E-state index contributed by atoms with van der Waals surface area (Å²) >= 11 is 0. The summed E-state index contributed by atoms with van der Waals surface area (Å²) in [5.41, 5.74) is 2.65. The molecule has 2 unspecified atom stereocenters. The van der Waals surface area contributed by atoms with Crippen LogP contribution in [0.3, 0.4) is 0 Å². The number of hydrogen-bond acceptors (Lipinski definition) is 2. The van der Waals surface area contributed by atoms with Crippen LogP contribution in [-0.4, -0.2) is 0 Å². The van der Waals surface area contributed by atoms with E-state index >= 15 is 0 Å². The van der Waals surface area contributed by atoms with Gasteiger partial charge in [0.05, 0.1) is 0 Å². The van der Waals surface area contributed by atoms with Gasteiger partial charge < -0.3 is 10.6 Å². The van der Waals surface area contributed by atoms with Gasteiger partial charge in [0.1, 0.15) is 0 Å². The quantitative estimate of drug-likeness (QED) is 0.757. The Hall–Kier alpha value is -1.44. The molecule has 0 radical (unpaired) electrons. The molecule has 0 aromatic rings. The minimum atomic E-state index is 0.496. The van der Waals surface area contributed by atoms with E-state index < -0.39 is 0 Å². The molecule has 0 saturated carbocycles. The van der Waals surface area contributed by atoms with Crippen LogP contribution in [0.15, 0.2) is 48.1 Å². The van der Waals surface area contributed by atoms with Crippen molar-refractivity contribution in [3.63, 3.8) is 0 Å². The molecule has 0 fully saturated rings. The monoisotopic (exact) mass is 216 g/mol. The zero-order valence-corrected chi connectivity index (χ0v) is 10.0. The van der Waals surface area contributed by atoms with Crippen LogP contribution in [0.5, 0.6) is 0 Å². The molecule has 16 heavy (non-hydrogen) atoms. The third-order valence-electron chi connectivity index (χ3n) is 3.17. The zero-order chi connectivity index (χ0) is 11.4. The maximum absolute atomic E-state index is 3.28. The Morgan fingerprint density at radius 3 is 1.69 bits per heavy atom. The number of hydrogen-bond donors (Lipinski definition) is 2. The molecule has 0 amide bonds. The molecule has 2 heterocycles. The van der Waals surface area contributed by atoms with E-state index in [4.69, 9.17) is 0 Å². The van der Waals surface area contributed by atoms with E-state index in [0.29, 0.717) is 11.8 Å². The Morgan fingerprint density at radius 2 is 1.31 bits per heavy atom.